The predicted octanol–water partition coefficient (Wildman–Crippen LogP) is 5.16. The average molecular weight is 532 g/mol. The van der Waals surface area contributed by atoms with E-state index in [1.54, 1.807) is 25.2 Å². The number of halogens is 1. The quantitative estimate of drug-likeness (QED) is 0.311. The van der Waals surface area contributed by atoms with Gasteiger partial charge >= 0.3 is 0 Å². The summed E-state index contributed by atoms with van der Waals surface area (Å²) in [6.07, 6.45) is 0.807. The zero-order chi connectivity index (χ0) is 24.4. The van der Waals surface area contributed by atoms with E-state index in [0.29, 0.717) is 28.8 Å². The molecule has 1 aliphatic rings. The molecule has 2 aromatic heterocycles. The highest BCUT2D eigenvalue weighted by atomic mass is 35.5. The lowest BCUT2D eigenvalue weighted by atomic mass is 10.2. The standard InChI is InChI=1S/C26H29N3O5S.ClH/c1-17-8-9-19(31-2)22-24(17)35-26(27-22)29(11-5-10-28-12-14-33-15-13-28)25(30)21-16-18-6-4-7-20(32-3)23(18)34-21;/h4,6-9,16H,5,10-15H2,1-3H3;1H. The number of thiazole rings is 1. The molecule has 36 heavy (non-hydrogen) atoms. The average Bonchev–Trinajstić information content (AvgIpc) is 3.53. The Bertz CT molecular complexity index is 1350. The minimum atomic E-state index is -0.221. The molecule has 0 radical (unpaired) electrons. The van der Waals surface area contributed by atoms with E-state index in [2.05, 4.69) is 4.90 Å². The number of anilines is 1. The van der Waals surface area contributed by atoms with Crippen LogP contribution in [-0.2, 0) is 4.74 Å². The fourth-order valence-electron chi connectivity index (χ4n) is 4.38. The molecule has 192 valence electrons. The fraction of sp³-hybridized carbons (Fsp3) is 0.385. The number of rotatable bonds is 8. The van der Waals surface area contributed by atoms with Crippen molar-refractivity contribution in [2.45, 2.75) is 13.3 Å². The Kier molecular flexibility index (Phi) is 8.35. The normalized spacial score (nSPS) is 14.1. The topological polar surface area (TPSA) is 77.3 Å². The van der Waals surface area contributed by atoms with Crippen LogP contribution >= 0.6 is 23.7 Å². The number of fused-ring (bicyclic) bond motifs is 2. The van der Waals surface area contributed by atoms with Gasteiger partial charge in [-0.1, -0.05) is 29.5 Å². The minimum absolute atomic E-state index is 0. The highest BCUT2D eigenvalue weighted by Gasteiger charge is 2.26. The molecule has 0 saturated carbocycles. The van der Waals surface area contributed by atoms with Crippen LogP contribution in [-0.4, -0.2) is 69.4 Å². The number of para-hydroxylation sites is 1. The Labute approximate surface area is 220 Å². The highest BCUT2D eigenvalue weighted by molar-refractivity contribution is 7.22. The maximum absolute atomic E-state index is 13.8. The first-order valence-corrected chi connectivity index (χ1v) is 12.5. The molecule has 1 fully saturated rings. The van der Waals surface area contributed by atoms with Gasteiger partial charge in [-0.15, -0.1) is 12.4 Å². The van der Waals surface area contributed by atoms with Crippen LogP contribution in [0.15, 0.2) is 40.8 Å². The SMILES string of the molecule is COc1ccc(C)c2sc(N(CCCN3CCOCC3)C(=O)c3cc4cccc(OC)c4o3)nc12.Cl. The Morgan fingerprint density at radius 1 is 1.14 bits per heavy atom. The van der Waals surface area contributed by atoms with E-state index >= 15 is 0 Å². The molecule has 0 atom stereocenters. The zero-order valence-corrected chi connectivity index (χ0v) is 22.2. The van der Waals surface area contributed by atoms with Crippen LogP contribution in [0.2, 0.25) is 0 Å². The van der Waals surface area contributed by atoms with Crippen molar-refractivity contribution in [3.8, 4) is 11.5 Å². The first-order valence-electron chi connectivity index (χ1n) is 11.7. The molecule has 8 nitrogen and oxygen atoms in total. The van der Waals surface area contributed by atoms with Gasteiger partial charge in [0.2, 0.25) is 0 Å². The van der Waals surface area contributed by atoms with Gasteiger partial charge in [0.1, 0.15) is 11.3 Å². The highest BCUT2D eigenvalue weighted by Crippen LogP contribution is 2.37. The van der Waals surface area contributed by atoms with Gasteiger partial charge in [0.15, 0.2) is 22.2 Å². The molecule has 1 amide bonds. The summed E-state index contributed by atoms with van der Waals surface area (Å²) in [6, 6.07) is 11.3. The van der Waals surface area contributed by atoms with E-state index in [0.717, 1.165) is 60.4 Å². The number of carbonyl (C=O) groups excluding carboxylic acids is 1. The summed E-state index contributed by atoms with van der Waals surface area (Å²) in [5.74, 6) is 1.34. The second-order valence-corrected chi connectivity index (χ2v) is 9.49. The molecule has 0 bridgehead atoms. The van der Waals surface area contributed by atoms with Gasteiger partial charge in [-0.05, 0) is 37.1 Å². The van der Waals surface area contributed by atoms with Crippen molar-refractivity contribution >= 4 is 56.0 Å². The smallest absolute Gasteiger partial charge is 0.295 e. The van der Waals surface area contributed by atoms with Gasteiger partial charge < -0.3 is 18.6 Å². The van der Waals surface area contributed by atoms with Gasteiger partial charge in [-0.3, -0.25) is 14.6 Å². The molecular formula is C26H30ClN3O5S. The largest absolute Gasteiger partial charge is 0.494 e. The third-order valence-corrected chi connectivity index (χ3v) is 7.50. The number of furan rings is 1. The Morgan fingerprint density at radius 2 is 1.92 bits per heavy atom. The number of hydrogen-bond acceptors (Lipinski definition) is 8. The van der Waals surface area contributed by atoms with E-state index in [-0.39, 0.29) is 24.1 Å². The van der Waals surface area contributed by atoms with Gasteiger partial charge in [0.25, 0.3) is 5.91 Å². The first-order chi connectivity index (χ1) is 17.1. The maximum atomic E-state index is 13.8. The summed E-state index contributed by atoms with van der Waals surface area (Å²) in [5.41, 5.74) is 2.43. The summed E-state index contributed by atoms with van der Waals surface area (Å²) >= 11 is 1.50. The Morgan fingerprint density at radius 3 is 2.67 bits per heavy atom. The molecule has 0 unspecified atom stereocenters. The van der Waals surface area contributed by atoms with Gasteiger partial charge in [-0.25, -0.2) is 4.98 Å². The molecule has 4 aromatic rings. The van der Waals surface area contributed by atoms with Crippen molar-refractivity contribution in [3.63, 3.8) is 0 Å². The molecule has 1 aliphatic heterocycles. The van der Waals surface area contributed by atoms with E-state index in [1.807, 2.05) is 37.3 Å². The maximum Gasteiger partial charge on any atom is 0.295 e. The van der Waals surface area contributed by atoms with Gasteiger partial charge in [0.05, 0.1) is 32.1 Å². The molecule has 1 saturated heterocycles. The van der Waals surface area contributed by atoms with Crippen molar-refractivity contribution in [3.05, 3.63) is 47.7 Å². The van der Waals surface area contributed by atoms with Crippen LogP contribution in [0.3, 0.4) is 0 Å². The minimum Gasteiger partial charge on any atom is -0.494 e. The monoisotopic (exact) mass is 531 g/mol. The number of amides is 1. The Hall–Kier alpha value is -2.85. The predicted molar refractivity (Wildman–Crippen MR) is 144 cm³/mol. The lowest BCUT2D eigenvalue weighted by molar-refractivity contribution is 0.0376. The first kappa shape index (κ1) is 26.2. The number of aromatic nitrogens is 1. The number of nitrogens with zero attached hydrogens (tertiary/aromatic N) is 3. The van der Waals surface area contributed by atoms with Crippen molar-refractivity contribution in [2.24, 2.45) is 0 Å². The van der Waals surface area contributed by atoms with E-state index in [1.165, 1.54) is 11.3 Å². The zero-order valence-electron chi connectivity index (χ0n) is 20.6. The van der Waals surface area contributed by atoms with E-state index in [4.69, 9.17) is 23.6 Å². The Balaban J connectivity index is 0.00000304. The number of ether oxygens (including phenoxy) is 3. The number of morpholine rings is 1. The summed E-state index contributed by atoms with van der Waals surface area (Å²) < 4.78 is 23.4. The van der Waals surface area contributed by atoms with Crippen LogP contribution in [0.25, 0.3) is 21.2 Å². The summed E-state index contributed by atoms with van der Waals surface area (Å²) in [4.78, 5) is 22.7. The number of carbonyl (C=O) groups is 1. The third kappa shape index (κ3) is 5.15. The molecular weight excluding hydrogens is 502 g/mol. The van der Waals surface area contributed by atoms with E-state index in [9.17, 15) is 4.79 Å². The van der Waals surface area contributed by atoms with Crippen molar-refractivity contribution in [2.75, 3.05) is 58.5 Å². The van der Waals surface area contributed by atoms with Crippen molar-refractivity contribution in [1.29, 1.82) is 0 Å². The molecule has 2 aromatic carbocycles. The molecule has 10 heteroatoms. The molecule has 3 heterocycles. The number of hydrogen-bond donors (Lipinski definition) is 0. The second kappa shape index (κ2) is 11.5. The van der Waals surface area contributed by atoms with Gasteiger partial charge in [0, 0.05) is 31.6 Å². The lowest BCUT2D eigenvalue weighted by Crippen LogP contribution is -2.39. The number of benzene rings is 2. The molecule has 5 rings (SSSR count). The molecule has 0 spiro atoms. The van der Waals surface area contributed by atoms with Crippen LogP contribution in [0.1, 0.15) is 22.5 Å². The second-order valence-electron chi connectivity index (χ2n) is 8.51. The van der Waals surface area contributed by atoms with Crippen LogP contribution in [0.5, 0.6) is 11.5 Å². The van der Waals surface area contributed by atoms with Crippen molar-refractivity contribution in [1.82, 2.24) is 9.88 Å². The van der Waals surface area contributed by atoms with Crippen LogP contribution in [0.4, 0.5) is 5.13 Å². The molecule has 0 aliphatic carbocycles. The molecule has 0 N–H and O–H groups in total. The number of aryl methyl sites for hydroxylation is 1. The van der Waals surface area contributed by atoms with Crippen LogP contribution in [0, 0.1) is 6.92 Å². The van der Waals surface area contributed by atoms with E-state index < -0.39 is 0 Å². The summed E-state index contributed by atoms with van der Waals surface area (Å²) in [7, 11) is 3.23. The summed E-state index contributed by atoms with van der Waals surface area (Å²) in [6.45, 7) is 6.77. The number of methoxy groups -OCH3 is 2. The third-order valence-electron chi connectivity index (χ3n) is 6.29. The fourth-order valence-corrected chi connectivity index (χ4v) is 5.45. The summed E-state index contributed by atoms with van der Waals surface area (Å²) in [5, 5.41) is 1.45. The van der Waals surface area contributed by atoms with Crippen molar-refractivity contribution < 1.29 is 23.4 Å². The van der Waals surface area contributed by atoms with Crippen LogP contribution < -0.4 is 14.4 Å². The lowest BCUT2D eigenvalue weighted by Gasteiger charge is -2.27. The van der Waals surface area contributed by atoms with Gasteiger partial charge in [-0.2, -0.15) is 0 Å².